The molecule has 0 radical (unpaired) electrons. The van der Waals surface area contributed by atoms with Gasteiger partial charge >= 0.3 is 7.12 Å². The second-order valence-corrected chi connectivity index (χ2v) is 8.24. The van der Waals surface area contributed by atoms with E-state index < -0.39 is 0 Å². The van der Waals surface area contributed by atoms with Crippen LogP contribution in [0.15, 0.2) is 22.7 Å². The smallest absolute Gasteiger partial charge is 0.399 e. The van der Waals surface area contributed by atoms with Crippen molar-refractivity contribution in [3.63, 3.8) is 0 Å². The molecule has 0 saturated carbocycles. The van der Waals surface area contributed by atoms with Crippen molar-refractivity contribution in [3.05, 3.63) is 28.2 Å². The maximum Gasteiger partial charge on any atom is 0.494 e. The van der Waals surface area contributed by atoms with Crippen LogP contribution in [0, 0.1) is 0 Å². The Bertz CT molecular complexity index is 537. The molecule has 0 N–H and O–H groups in total. The van der Waals surface area contributed by atoms with Crippen LogP contribution in [0.5, 0.6) is 0 Å². The average Bonchev–Trinajstić information content (AvgIpc) is 2.68. The molecule has 5 heteroatoms. The molecule has 2 saturated heterocycles. The molecule has 120 valence electrons. The summed E-state index contributed by atoms with van der Waals surface area (Å²) in [5.74, 6) is 0.465. The largest absolute Gasteiger partial charge is 0.494 e. The van der Waals surface area contributed by atoms with Crippen molar-refractivity contribution < 1.29 is 14.0 Å². The summed E-state index contributed by atoms with van der Waals surface area (Å²) in [5, 5.41) is 0. The van der Waals surface area contributed by atoms with Gasteiger partial charge in [0.1, 0.15) is 0 Å². The zero-order valence-corrected chi connectivity index (χ0v) is 15.4. The number of hydrogen-bond acceptors (Lipinski definition) is 3. The van der Waals surface area contributed by atoms with Crippen LogP contribution in [-0.4, -0.2) is 31.5 Å². The zero-order valence-electron chi connectivity index (χ0n) is 13.8. The summed E-state index contributed by atoms with van der Waals surface area (Å²) in [4.78, 5) is 0. The summed E-state index contributed by atoms with van der Waals surface area (Å²) in [6.07, 6.45) is 2.31. The Kier molecular flexibility index (Phi) is 4.45. The fraction of sp³-hybridized carbons (Fsp3) is 0.647. The molecule has 3 nitrogen and oxygen atoms in total. The summed E-state index contributed by atoms with van der Waals surface area (Å²) < 4.78 is 19.0. The van der Waals surface area contributed by atoms with Gasteiger partial charge in [-0.3, -0.25) is 0 Å². The fourth-order valence-electron chi connectivity index (χ4n) is 2.99. The van der Waals surface area contributed by atoms with Crippen molar-refractivity contribution in [2.45, 2.75) is 57.7 Å². The molecule has 0 amide bonds. The first-order valence-electron chi connectivity index (χ1n) is 8.02. The second-order valence-electron chi connectivity index (χ2n) is 7.32. The molecule has 2 aliphatic heterocycles. The zero-order chi connectivity index (χ0) is 16.0. The molecule has 1 aromatic carbocycles. The van der Waals surface area contributed by atoms with Gasteiger partial charge in [0.05, 0.1) is 17.8 Å². The predicted octanol–water partition coefficient (Wildman–Crippen LogP) is 3.64. The van der Waals surface area contributed by atoms with Gasteiger partial charge in [-0.15, -0.1) is 0 Å². The number of ether oxygens (including phenoxy) is 1. The SMILES string of the molecule is CC1(C)OB(c2cc(Br)cc(C3CCCOC3)c2)OC1(C)C. The Hall–Kier alpha value is -0.355. The maximum atomic E-state index is 6.17. The summed E-state index contributed by atoms with van der Waals surface area (Å²) in [5.41, 5.74) is 1.76. The van der Waals surface area contributed by atoms with Crippen LogP contribution < -0.4 is 5.46 Å². The molecular formula is C17H24BBrO3. The third-order valence-electron chi connectivity index (χ3n) is 5.10. The third kappa shape index (κ3) is 3.14. The summed E-state index contributed by atoms with van der Waals surface area (Å²) >= 11 is 3.63. The standard InChI is InChI=1S/C17H24BBrO3/c1-16(2)17(3,4)22-18(21-16)14-8-13(9-15(19)10-14)12-6-5-7-20-11-12/h8-10,12H,5-7,11H2,1-4H3. The second kappa shape index (κ2) is 5.93. The number of rotatable bonds is 2. The van der Waals surface area contributed by atoms with Crippen molar-refractivity contribution in [3.8, 4) is 0 Å². The number of halogens is 1. The van der Waals surface area contributed by atoms with Gasteiger partial charge in [0.15, 0.2) is 0 Å². The summed E-state index contributed by atoms with van der Waals surface area (Å²) in [7, 11) is -0.314. The fourth-order valence-corrected chi connectivity index (χ4v) is 3.52. The lowest BCUT2D eigenvalue weighted by Crippen LogP contribution is -2.41. The Balaban J connectivity index is 1.87. The molecule has 0 aromatic heterocycles. The van der Waals surface area contributed by atoms with E-state index in [9.17, 15) is 0 Å². The van der Waals surface area contributed by atoms with E-state index in [1.807, 2.05) is 0 Å². The molecule has 1 atom stereocenters. The van der Waals surface area contributed by atoms with Gasteiger partial charge in [-0.25, -0.2) is 0 Å². The van der Waals surface area contributed by atoms with E-state index in [2.05, 4.69) is 61.8 Å². The minimum atomic E-state index is -0.314. The minimum Gasteiger partial charge on any atom is -0.399 e. The van der Waals surface area contributed by atoms with Gasteiger partial charge in [-0.05, 0) is 63.7 Å². The van der Waals surface area contributed by atoms with Crippen LogP contribution in [0.4, 0.5) is 0 Å². The third-order valence-corrected chi connectivity index (χ3v) is 5.56. The van der Waals surface area contributed by atoms with Gasteiger partial charge in [0.25, 0.3) is 0 Å². The average molecular weight is 367 g/mol. The van der Waals surface area contributed by atoms with Crippen LogP contribution in [0.25, 0.3) is 0 Å². The Morgan fingerprint density at radius 2 is 1.77 bits per heavy atom. The molecule has 2 heterocycles. The Morgan fingerprint density at radius 3 is 2.36 bits per heavy atom. The summed E-state index contributed by atoms with van der Waals surface area (Å²) in [6, 6.07) is 6.50. The normalized spacial score (nSPS) is 27.1. The first kappa shape index (κ1) is 16.5. The highest BCUT2D eigenvalue weighted by molar-refractivity contribution is 9.10. The topological polar surface area (TPSA) is 27.7 Å². The van der Waals surface area contributed by atoms with Crippen molar-refractivity contribution in [1.29, 1.82) is 0 Å². The van der Waals surface area contributed by atoms with Gasteiger partial charge in [-0.2, -0.15) is 0 Å². The van der Waals surface area contributed by atoms with Gasteiger partial charge in [0.2, 0.25) is 0 Å². The molecule has 22 heavy (non-hydrogen) atoms. The Labute approximate surface area is 142 Å². The highest BCUT2D eigenvalue weighted by Gasteiger charge is 2.51. The van der Waals surface area contributed by atoms with Crippen LogP contribution in [0.2, 0.25) is 0 Å². The van der Waals surface area contributed by atoms with Gasteiger partial charge in [-0.1, -0.05) is 22.0 Å². The Morgan fingerprint density at radius 1 is 1.09 bits per heavy atom. The number of benzene rings is 1. The van der Waals surface area contributed by atoms with E-state index in [1.54, 1.807) is 0 Å². The molecule has 0 bridgehead atoms. The van der Waals surface area contributed by atoms with E-state index in [0.29, 0.717) is 5.92 Å². The quantitative estimate of drug-likeness (QED) is 0.748. The van der Waals surface area contributed by atoms with Crippen molar-refractivity contribution >= 4 is 28.5 Å². The molecule has 1 unspecified atom stereocenters. The van der Waals surface area contributed by atoms with Gasteiger partial charge < -0.3 is 14.0 Å². The van der Waals surface area contributed by atoms with Crippen LogP contribution in [0.1, 0.15) is 52.0 Å². The maximum absolute atomic E-state index is 6.17. The van der Waals surface area contributed by atoms with Gasteiger partial charge in [0, 0.05) is 17.0 Å². The molecule has 2 fully saturated rings. The number of hydrogen-bond donors (Lipinski definition) is 0. The van der Waals surface area contributed by atoms with Crippen molar-refractivity contribution in [2.75, 3.05) is 13.2 Å². The van der Waals surface area contributed by atoms with E-state index in [4.69, 9.17) is 14.0 Å². The molecule has 2 aliphatic rings. The molecule has 0 aliphatic carbocycles. The van der Waals surface area contributed by atoms with E-state index in [1.165, 1.54) is 12.0 Å². The minimum absolute atomic E-state index is 0.311. The van der Waals surface area contributed by atoms with Crippen LogP contribution >= 0.6 is 15.9 Å². The van der Waals surface area contributed by atoms with Crippen LogP contribution in [0.3, 0.4) is 0 Å². The van der Waals surface area contributed by atoms with E-state index in [0.717, 1.165) is 29.6 Å². The van der Waals surface area contributed by atoms with Crippen molar-refractivity contribution in [1.82, 2.24) is 0 Å². The molecule has 0 spiro atoms. The highest BCUT2D eigenvalue weighted by atomic mass is 79.9. The monoisotopic (exact) mass is 366 g/mol. The highest BCUT2D eigenvalue weighted by Crippen LogP contribution is 2.37. The first-order chi connectivity index (χ1) is 10.3. The lowest BCUT2D eigenvalue weighted by molar-refractivity contribution is 0.00578. The predicted molar refractivity (Wildman–Crippen MR) is 92.7 cm³/mol. The van der Waals surface area contributed by atoms with E-state index in [-0.39, 0.29) is 18.3 Å². The van der Waals surface area contributed by atoms with E-state index >= 15 is 0 Å². The molecular weight excluding hydrogens is 343 g/mol. The van der Waals surface area contributed by atoms with Crippen molar-refractivity contribution in [2.24, 2.45) is 0 Å². The van der Waals surface area contributed by atoms with Crippen LogP contribution in [-0.2, 0) is 14.0 Å². The molecule has 1 aromatic rings. The lowest BCUT2D eigenvalue weighted by Gasteiger charge is -2.32. The first-order valence-corrected chi connectivity index (χ1v) is 8.81. The lowest BCUT2D eigenvalue weighted by atomic mass is 9.77. The summed E-state index contributed by atoms with van der Waals surface area (Å²) in [6.45, 7) is 10.0. The molecule has 3 rings (SSSR count).